The average molecular weight is 319 g/mol. The van der Waals surface area contributed by atoms with Gasteiger partial charge in [0.2, 0.25) is 11.8 Å². The van der Waals surface area contributed by atoms with Crippen LogP contribution in [0.3, 0.4) is 0 Å². The van der Waals surface area contributed by atoms with Crippen LogP contribution in [0.1, 0.15) is 13.3 Å². The first-order chi connectivity index (χ1) is 11.0. The third-order valence-electron chi connectivity index (χ3n) is 3.77. The number of rotatable bonds is 3. The van der Waals surface area contributed by atoms with Crippen LogP contribution in [0.15, 0.2) is 18.2 Å². The van der Waals surface area contributed by atoms with E-state index in [4.69, 9.17) is 9.47 Å². The molecule has 8 heteroatoms. The van der Waals surface area contributed by atoms with Gasteiger partial charge in [-0.1, -0.05) is 0 Å². The molecule has 1 saturated heterocycles. The maximum absolute atomic E-state index is 12.1. The molecule has 122 valence electrons. The van der Waals surface area contributed by atoms with Gasteiger partial charge >= 0.3 is 6.03 Å². The maximum Gasteiger partial charge on any atom is 0.321 e. The van der Waals surface area contributed by atoms with Crippen LogP contribution in [0.2, 0.25) is 0 Å². The SMILES string of the molecule is CC1NC(=O)NC(=O)C1CC(=O)Nc1ccc2c(c1)OCCO2. The molecule has 2 atom stereocenters. The molecule has 2 aliphatic heterocycles. The number of nitrogens with one attached hydrogen (secondary N) is 3. The van der Waals surface area contributed by atoms with Crippen molar-refractivity contribution in [1.29, 1.82) is 0 Å². The minimum Gasteiger partial charge on any atom is -0.486 e. The van der Waals surface area contributed by atoms with Gasteiger partial charge in [0, 0.05) is 24.2 Å². The Labute approximate surface area is 132 Å². The Balaban J connectivity index is 1.63. The molecule has 0 aromatic heterocycles. The molecular weight excluding hydrogens is 302 g/mol. The van der Waals surface area contributed by atoms with E-state index >= 15 is 0 Å². The van der Waals surface area contributed by atoms with Gasteiger partial charge in [-0.05, 0) is 19.1 Å². The van der Waals surface area contributed by atoms with Crippen LogP contribution < -0.4 is 25.4 Å². The zero-order valence-electron chi connectivity index (χ0n) is 12.5. The normalized spacial score (nSPS) is 22.8. The Hall–Kier alpha value is -2.77. The molecule has 3 rings (SSSR count). The number of amides is 4. The number of ether oxygens (including phenoxy) is 2. The summed E-state index contributed by atoms with van der Waals surface area (Å²) in [5.74, 6) is -0.157. The number of hydrogen-bond acceptors (Lipinski definition) is 5. The minimum absolute atomic E-state index is 0.0261. The smallest absolute Gasteiger partial charge is 0.321 e. The summed E-state index contributed by atoms with van der Waals surface area (Å²) in [5, 5.41) is 7.47. The van der Waals surface area contributed by atoms with Gasteiger partial charge in [0.1, 0.15) is 13.2 Å². The summed E-state index contributed by atoms with van der Waals surface area (Å²) >= 11 is 0. The fourth-order valence-electron chi connectivity index (χ4n) is 2.58. The van der Waals surface area contributed by atoms with Crippen molar-refractivity contribution < 1.29 is 23.9 Å². The van der Waals surface area contributed by atoms with Crippen LogP contribution in [0.4, 0.5) is 10.5 Å². The highest BCUT2D eigenvalue weighted by Gasteiger charge is 2.34. The lowest BCUT2D eigenvalue weighted by Crippen LogP contribution is -2.57. The zero-order valence-corrected chi connectivity index (χ0v) is 12.5. The van der Waals surface area contributed by atoms with Crippen LogP contribution >= 0.6 is 0 Å². The van der Waals surface area contributed by atoms with Crippen LogP contribution in [0.25, 0.3) is 0 Å². The first-order valence-corrected chi connectivity index (χ1v) is 7.34. The number of carbonyl (C=O) groups is 3. The predicted octanol–water partition coefficient (Wildman–Crippen LogP) is 0.630. The van der Waals surface area contributed by atoms with Crippen LogP contribution in [-0.4, -0.2) is 37.1 Å². The molecule has 0 radical (unpaired) electrons. The Morgan fingerprint density at radius 2 is 2.00 bits per heavy atom. The highest BCUT2D eigenvalue weighted by atomic mass is 16.6. The van der Waals surface area contributed by atoms with Crippen molar-refractivity contribution in [2.24, 2.45) is 5.92 Å². The lowest BCUT2D eigenvalue weighted by Gasteiger charge is -2.28. The summed E-state index contributed by atoms with van der Waals surface area (Å²) < 4.78 is 10.9. The van der Waals surface area contributed by atoms with Crippen LogP contribution in [0, 0.1) is 5.92 Å². The summed E-state index contributed by atoms with van der Waals surface area (Å²) in [6, 6.07) is 4.17. The average Bonchev–Trinajstić information content (AvgIpc) is 2.51. The monoisotopic (exact) mass is 319 g/mol. The Morgan fingerprint density at radius 3 is 2.74 bits per heavy atom. The first kappa shape index (κ1) is 15.1. The third kappa shape index (κ3) is 3.36. The van der Waals surface area contributed by atoms with Gasteiger partial charge in [-0.2, -0.15) is 0 Å². The van der Waals surface area contributed by atoms with E-state index in [1.165, 1.54) is 0 Å². The van der Waals surface area contributed by atoms with Gasteiger partial charge in [0.15, 0.2) is 11.5 Å². The standard InChI is InChI=1S/C15H17N3O5/c1-8-10(14(20)18-15(21)16-8)7-13(19)17-9-2-3-11-12(6-9)23-5-4-22-11/h2-3,6,8,10H,4-5,7H2,1H3,(H,17,19)(H2,16,18,20,21). The molecule has 2 aliphatic rings. The van der Waals surface area contributed by atoms with E-state index in [9.17, 15) is 14.4 Å². The molecule has 1 fully saturated rings. The molecule has 0 aliphatic carbocycles. The van der Waals surface area contributed by atoms with Crippen molar-refractivity contribution in [2.75, 3.05) is 18.5 Å². The summed E-state index contributed by atoms with van der Waals surface area (Å²) in [6.45, 7) is 2.65. The molecule has 0 bridgehead atoms. The molecule has 2 heterocycles. The number of hydrogen-bond donors (Lipinski definition) is 3. The minimum atomic E-state index is -0.607. The highest BCUT2D eigenvalue weighted by Crippen LogP contribution is 2.32. The quantitative estimate of drug-likeness (QED) is 0.758. The van der Waals surface area contributed by atoms with E-state index in [0.29, 0.717) is 30.4 Å². The second-order valence-electron chi connectivity index (χ2n) is 5.47. The third-order valence-corrected chi connectivity index (χ3v) is 3.77. The van der Waals surface area contributed by atoms with Crippen molar-refractivity contribution in [3.63, 3.8) is 0 Å². The molecule has 0 spiro atoms. The number of benzene rings is 1. The van der Waals surface area contributed by atoms with E-state index in [1.54, 1.807) is 25.1 Å². The van der Waals surface area contributed by atoms with Crippen molar-refractivity contribution in [1.82, 2.24) is 10.6 Å². The van der Waals surface area contributed by atoms with Gasteiger partial charge in [-0.25, -0.2) is 4.79 Å². The largest absolute Gasteiger partial charge is 0.486 e. The molecular formula is C15H17N3O5. The fourth-order valence-corrected chi connectivity index (χ4v) is 2.58. The summed E-state index contributed by atoms with van der Waals surface area (Å²) in [7, 11) is 0. The first-order valence-electron chi connectivity index (χ1n) is 7.34. The molecule has 3 N–H and O–H groups in total. The number of imide groups is 1. The second kappa shape index (κ2) is 6.15. The Morgan fingerprint density at radius 1 is 1.26 bits per heavy atom. The Bertz CT molecular complexity index is 661. The van der Waals surface area contributed by atoms with Crippen LogP contribution in [0.5, 0.6) is 11.5 Å². The molecule has 1 aromatic carbocycles. The van der Waals surface area contributed by atoms with Gasteiger partial charge in [0.05, 0.1) is 5.92 Å². The van der Waals surface area contributed by atoms with Crippen molar-refractivity contribution in [2.45, 2.75) is 19.4 Å². The maximum atomic E-state index is 12.1. The van der Waals surface area contributed by atoms with Crippen molar-refractivity contribution >= 4 is 23.5 Å². The molecule has 23 heavy (non-hydrogen) atoms. The molecule has 4 amide bonds. The van der Waals surface area contributed by atoms with Gasteiger partial charge < -0.3 is 20.1 Å². The van der Waals surface area contributed by atoms with Gasteiger partial charge in [-0.15, -0.1) is 0 Å². The number of urea groups is 1. The summed E-state index contributed by atoms with van der Waals surface area (Å²) in [4.78, 5) is 35.1. The molecule has 0 saturated carbocycles. The number of carbonyl (C=O) groups excluding carboxylic acids is 3. The molecule has 8 nitrogen and oxygen atoms in total. The highest BCUT2D eigenvalue weighted by molar-refractivity contribution is 6.01. The van der Waals surface area contributed by atoms with E-state index in [1.807, 2.05) is 0 Å². The molecule has 2 unspecified atom stereocenters. The predicted molar refractivity (Wildman–Crippen MR) is 80.3 cm³/mol. The zero-order chi connectivity index (χ0) is 16.4. The fraction of sp³-hybridized carbons (Fsp3) is 0.400. The Kier molecular flexibility index (Phi) is 4.05. The van der Waals surface area contributed by atoms with Gasteiger partial charge in [0.25, 0.3) is 0 Å². The van der Waals surface area contributed by atoms with E-state index in [2.05, 4.69) is 16.0 Å². The molecule has 1 aromatic rings. The van der Waals surface area contributed by atoms with E-state index in [0.717, 1.165) is 0 Å². The van der Waals surface area contributed by atoms with Gasteiger partial charge in [-0.3, -0.25) is 14.9 Å². The summed E-state index contributed by atoms with van der Waals surface area (Å²) in [6.07, 6.45) is -0.0261. The van der Waals surface area contributed by atoms with E-state index in [-0.39, 0.29) is 12.3 Å². The second-order valence-corrected chi connectivity index (χ2v) is 5.47. The topological polar surface area (TPSA) is 106 Å². The van der Waals surface area contributed by atoms with E-state index < -0.39 is 23.9 Å². The summed E-state index contributed by atoms with van der Waals surface area (Å²) in [5.41, 5.74) is 0.562. The lowest BCUT2D eigenvalue weighted by molar-refractivity contribution is -0.129. The van der Waals surface area contributed by atoms with Crippen molar-refractivity contribution in [3.05, 3.63) is 18.2 Å². The van der Waals surface area contributed by atoms with Crippen molar-refractivity contribution in [3.8, 4) is 11.5 Å². The lowest BCUT2D eigenvalue weighted by atomic mass is 9.94. The number of anilines is 1. The van der Waals surface area contributed by atoms with Crippen LogP contribution in [-0.2, 0) is 9.59 Å². The number of fused-ring (bicyclic) bond motifs is 1.